The molecule has 7 heteroatoms. The van der Waals surface area contributed by atoms with Crippen molar-refractivity contribution in [2.45, 2.75) is 6.42 Å². The summed E-state index contributed by atoms with van der Waals surface area (Å²) < 4.78 is 13.7. The molecule has 2 rings (SSSR count). The molecule has 0 aromatic heterocycles. The number of anilines is 1. The second kappa shape index (κ2) is 7.26. The Labute approximate surface area is 127 Å². The topological polar surface area (TPSA) is 52.7 Å². The normalized spacial score (nSPS) is 15.0. The third-order valence-corrected chi connectivity index (χ3v) is 3.52. The van der Waals surface area contributed by atoms with E-state index in [2.05, 4.69) is 5.32 Å². The molecule has 1 saturated heterocycles. The van der Waals surface area contributed by atoms with Gasteiger partial charge in [0, 0.05) is 38.5 Å². The van der Waals surface area contributed by atoms with E-state index in [1.165, 1.54) is 6.07 Å². The Hall–Kier alpha value is -1.82. The fraction of sp³-hybridized carbons (Fsp3) is 0.429. The summed E-state index contributed by atoms with van der Waals surface area (Å²) in [4.78, 5) is 26.6. The van der Waals surface area contributed by atoms with Crippen molar-refractivity contribution in [3.63, 3.8) is 0 Å². The summed E-state index contributed by atoms with van der Waals surface area (Å²) in [6, 6.07) is 6.14. The Bertz CT molecular complexity index is 519. The minimum absolute atomic E-state index is 0.114. The van der Waals surface area contributed by atoms with Gasteiger partial charge in [0.25, 0.3) is 0 Å². The quantitative estimate of drug-likeness (QED) is 0.866. The molecule has 1 aliphatic heterocycles. The molecule has 0 saturated carbocycles. The summed E-state index contributed by atoms with van der Waals surface area (Å²) in [5, 5.41) is 2.29. The molecule has 1 fully saturated rings. The molecule has 0 atom stereocenters. The largest absolute Gasteiger partial charge is 0.366 e. The van der Waals surface area contributed by atoms with Crippen LogP contribution in [0.5, 0.6) is 0 Å². The third kappa shape index (κ3) is 4.07. The number of nitrogens with zero attached hydrogens (tertiary/aromatic N) is 2. The maximum atomic E-state index is 13.7. The number of carbonyl (C=O) groups is 2. The number of urea groups is 1. The average molecular weight is 314 g/mol. The molecule has 0 radical (unpaired) electrons. The zero-order chi connectivity index (χ0) is 15.2. The van der Waals surface area contributed by atoms with E-state index in [1.807, 2.05) is 4.90 Å². The van der Waals surface area contributed by atoms with Crippen molar-refractivity contribution in [2.75, 3.05) is 37.0 Å². The highest BCUT2D eigenvalue weighted by Gasteiger charge is 2.23. The van der Waals surface area contributed by atoms with Crippen LogP contribution in [0.2, 0.25) is 0 Å². The van der Waals surface area contributed by atoms with Crippen molar-refractivity contribution in [2.24, 2.45) is 0 Å². The van der Waals surface area contributed by atoms with Gasteiger partial charge in [0.15, 0.2) is 0 Å². The van der Waals surface area contributed by atoms with Crippen molar-refractivity contribution < 1.29 is 14.0 Å². The van der Waals surface area contributed by atoms with E-state index in [-0.39, 0.29) is 24.0 Å². The first kappa shape index (κ1) is 15.6. The number of imide groups is 1. The number of hydrogen-bond acceptors (Lipinski definition) is 3. The highest BCUT2D eigenvalue weighted by molar-refractivity contribution is 6.19. The summed E-state index contributed by atoms with van der Waals surface area (Å²) in [6.45, 7) is 1.93. The number of rotatable bonds is 3. The van der Waals surface area contributed by atoms with Gasteiger partial charge in [-0.15, -0.1) is 11.6 Å². The van der Waals surface area contributed by atoms with E-state index in [0.29, 0.717) is 31.9 Å². The first-order valence-corrected chi connectivity index (χ1v) is 7.29. The molecule has 1 aromatic rings. The van der Waals surface area contributed by atoms with Gasteiger partial charge in [0.05, 0.1) is 5.69 Å². The van der Waals surface area contributed by atoms with Crippen LogP contribution in [0.25, 0.3) is 0 Å². The summed E-state index contributed by atoms with van der Waals surface area (Å²) >= 11 is 5.44. The van der Waals surface area contributed by atoms with Crippen molar-refractivity contribution in [1.29, 1.82) is 0 Å². The van der Waals surface area contributed by atoms with E-state index >= 15 is 0 Å². The maximum absolute atomic E-state index is 13.7. The molecule has 0 spiro atoms. The molecule has 0 bridgehead atoms. The number of hydrogen-bond donors (Lipinski definition) is 1. The van der Waals surface area contributed by atoms with Crippen molar-refractivity contribution >= 4 is 29.2 Å². The Morgan fingerprint density at radius 3 is 2.48 bits per heavy atom. The number of halogens is 2. The van der Waals surface area contributed by atoms with Gasteiger partial charge in [-0.2, -0.15) is 0 Å². The molecule has 0 aliphatic carbocycles. The third-order valence-electron chi connectivity index (χ3n) is 3.33. The lowest BCUT2D eigenvalue weighted by molar-refractivity contribution is -0.119. The van der Waals surface area contributed by atoms with Gasteiger partial charge in [0.1, 0.15) is 5.82 Å². The number of piperazine rings is 1. The van der Waals surface area contributed by atoms with Crippen molar-refractivity contribution in [3.05, 3.63) is 30.1 Å². The fourth-order valence-electron chi connectivity index (χ4n) is 2.21. The molecule has 0 unspecified atom stereocenters. The molecule has 114 valence electrons. The van der Waals surface area contributed by atoms with Gasteiger partial charge in [-0.05, 0) is 12.1 Å². The van der Waals surface area contributed by atoms with Gasteiger partial charge in [-0.1, -0.05) is 12.1 Å². The van der Waals surface area contributed by atoms with Crippen LogP contribution in [0.3, 0.4) is 0 Å². The van der Waals surface area contributed by atoms with Crippen LogP contribution >= 0.6 is 11.6 Å². The highest BCUT2D eigenvalue weighted by atomic mass is 35.5. The Balaban J connectivity index is 1.87. The van der Waals surface area contributed by atoms with Crippen LogP contribution < -0.4 is 10.2 Å². The number of amides is 3. The highest BCUT2D eigenvalue weighted by Crippen LogP contribution is 2.20. The number of nitrogens with one attached hydrogen (secondary N) is 1. The Morgan fingerprint density at radius 1 is 1.19 bits per heavy atom. The van der Waals surface area contributed by atoms with E-state index < -0.39 is 6.03 Å². The molecule has 1 aliphatic rings. The minimum Gasteiger partial charge on any atom is -0.366 e. The SMILES string of the molecule is O=C(CCCl)NC(=O)N1CCN(c2ccccc2F)CC1. The second-order valence-electron chi connectivity index (χ2n) is 4.72. The van der Waals surface area contributed by atoms with Gasteiger partial charge < -0.3 is 9.80 Å². The minimum atomic E-state index is -0.418. The second-order valence-corrected chi connectivity index (χ2v) is 5.10. The monoisotopic (exact) mass is 313 g/mol. The summed E-state index contributed by atoms with van der Waals surface area (Å²) in [5.41, 5.74) is 0.538. The Morgan fingerprint density at radius 2 is 1.86 bits per heavy atom. The molecule has 3 amide bonds. The van der Waals surface area contributed by atoms with Crippen LogP contribution in [0, 0.1) is 5.82 Å². The van der Waals surface area contributed by atoms with Gasteiger partial charge in [-0.25, -0.2) is 9.18 Å². The smallest absolute Gasteiger partial charge is 0.324 e. The Kier molecular flexibility index (Phi) is 5.38. The number of carbonyl (C=O) groups excluding carboxylic acids is 2. The van der Waals surface area contributed by atoms with E-state index in [1.54, 1.807) is 23.1 Å². The van der Waals surface area contributed by atoms with Crippen LogP contribution in [0.4, 0.5) is 14.9 Å². The molecule has 5 nitrogen and oxygen atoms in total. The molecule has 1 aromatic carbocycles. The fourth-order valence-corrected chi connectivity index (χ4v) is 2.38. The summed E-state index contributed by atoms with van der Waals surface area (Å²) in [5.74, 6) is -0.473. The summed E-state index contributed by atoms with van der Waals surface area (Å²) in [7, 11) is 0. The molecule has 1 heterocycles. The van der Waals surface area contributed by atoms with E-state index in [4.69, 9.17) is 11.6 Å². The molecule has 21 heavy (non-hydrogen) atoms. The number of benzene rings is 1. The number of alkyl halides is 1. The van der Waals surface area contributed by atoms with Crippen LogP contribution in [-0.4, -0.2) is 48.9 Å². The van der Waals surface area contributed by atoms with E-state index in [0.717, 1.165) is 0 Å². The molecule has 1 N–H and O–H groups in total. The molecular weight excluding hydrogens is 297 g/mol. The lowest BCUT2D eigenvalue weighted by Gasteiger charge is -2.36. The molecular formula is C14H17ClFN3O2. The van der Waals surface area contributed by atoms with Crippen LogP contribution in [-0.2, 0) is 4.79 Å². The maximum Gasteiger partial charge on any atom is 0.324 e. The first-order valence-electron chi connectivity index (χ1n) is 6.76. The van der Waals surface area contributed by atoms with Crippen LogP contribution in [0.1, 0.15) is 6.42 Å². The number of para-hydroxylation sites is 1. The van der Waals surface area contributed by atoms with E-state index in [9.17, 15) is 14.0 Å². The average Bonchev–Trinajstić information content (AvgIpc) is 2.48. The predicted molar refractivity (Wildman–Crippen MR) is 79.1 cm³/mol. The van der Waals surface area contributed by atoms with Crippen LogP contribution in [0.15, 0.2) is 24.3 Å². The van der Waals surface area contributed by atoms with Crippen molar-refractivity contribution in [1.82, 2.24) is 10.2 Å². The lowest BCUT2D eigenvalue weighted by atomic mass is 10.2. The van der Waals surface area contributed by atoms with Gasteiger partial charge in [0.2, 0.25) is 5.91 Å². The summed E-state index contributed by atoms with van der Waals surface area (Å²) in [6.07, 6.45) is 0.114. The standard InChI is InChI=1S/C14H17ClFN3O2/c15-6-5-13(20)17-14(21)19-9-7-18(8-10-19)12-4-2-1-3-11(12)16/h1-4H,5-10H2,(H,17,20,21). The van der Waals surface area contributed by atoms with Crippen molar-refractivity contribution in [3.8, 4) is 0 Å². The zero-order valence-electron chi connectivity index (χ0n) is 11.5. The van der Waals surface area contributed by atoms with Gasteiger partial charge >= 0.3 is 6.03 Å². The van der Waals surface area contributed by atoms with Gasteiger partial charge in [-0.3, -0.25) is 10.1 Å². The lowest BCUT2D eigenvalue weighted by Crippen LogP contribution is -2.53. The zero-order valence-corrected chi connectivity index (χ0v) is 12.3. The first-order chi connectivity index (χ1) is 10.1. The predicted octanol–water partition coefficient (Wildman–Crippen LogP) is 1.81.